The highest BCUT2D eigenvalue weighted by atomic mass is 32.2. The first kappa shape index (κ1) is 28.9. The lowest BCUT2D eigenvalue weighted by Crippen LogP contribution is -2.34. The molecule has 2 aromatic rings. The number of amidine groups is 1. The first-order valence-electron chi connectivity index (χ1n) is 13.9. The Labute approximate surface area is 226 Å². The van der Waals surface area contributed by atoms with Crippen LogP contribution in [0.25, 0.3) is 6.08 Å². The summed E-state index contributed by atoms with van der Waals surface area (Å²) >= 11 is 1.59. The molecule has 0 aromatic heterocycles. The summed E-state index contributed by atoms with van der Waals surface area (Å²) in [6, 6.07) is 12.3. The fourth-order valence-electron chi connectivity index (χ4n) is 4.16. The molecule has 2 aliphatic rings. The fraction of sp³-hybridized carbons (Fsp3) is 0.500. The van der Waals surface area contributed by atoms with Crippen molar-refractivity contribution in [3.05, 3.63) is 58.9 Å². The van der Waals surface area contributed by atoms with Gasteiger partial charge in [0.25, 0.3) is 0 Å². The Hall–Kier alpha value is -2.67. The fourth-order valence-corrected chi connectivity index (χ4v) is 5.11. The van der Waals surface area contributed by atoms with Gasteiger partial charge in [-0.05, 0) is 66.2 Å². The van der Waals surface area contributed by atoms with Gasteiger partial charge in [0.05, 0.1) is 10.7 Å². The second kappa shape index (κ2) is 16.2. The van der Waals surface area contributed by atoms with Crippen LogP contribution in [0.3, 0.4) is 0 Å². The molecule has 0 unspecified atom stereocenters. The summed E-state index contributed by atoms with van der Waals surface area (Å²) in [4.78, 5) is 4.79. The number of ether oxygens (including phenoxy) is 2. The molecule has 2 aliphatic heterocycles. The minimum Gasteiger partial charge on any atom is -0.486 e. The molecule has 0 aliphatic carbocycles. The van der Waals surface area contributed by atoms with Crippen molar-refractivity contribution in [1.82, 2.24) is 10.4 Å². The van der Waals surface area contributed by atoms with Gasteiger partial charge in [-0.2, -0.15) is 0 Å². The van der Waals surface area contributed by atoms with E-state index >= 15 is 0 Å². The molecule has 1 fully saturated rings. The van der Waals surface area contributed by atoms with E-state index in [4.69, 9.17) is 14.5 Å². The van der Waals surface area contributed by atoms with Gasteiger partial charge in [-0.15, -0.1) is 0 Å². The number of hydrogen-bond donors (Lipinski definition) is 1. The van der Waals surface area contributed by atoms with Crippen LogP contribution in [0.1, 0.15) is 84.1 Å². The van der Waals surface area contributed by atoms with E-state index in [0.717, 1.165) is 45.9 Å². The smallest absolute Gasteiger partial charge is 0.189 e. The van der Waals surface area contributed by atoms with Crippen LogP contribution >= 0.6 is 11.8 Å². The highest BCUT2D eigenvalue weighted by molar-refractivity contribution is 8.17. The van der Waals surface area contributed by atoms with E-state index in [0.29, 0.717) is 13.2 Å². The Morgan fingerprint density at radius 1 is 0.892 bits per heavy atom. The lowest BCUT2D eigenvalue weighted by atomic mass is 10.1. The molecule has 202 valence electrons. The Morgan fingerprint density at radius 3 is 2.24 bits per heavy atom. The molecular formula is C30H42FN3O2S. The molecule has 0 spiro atoms. The van der Waals surface area contributed by atoms with Gasteiger partial charge in [-0.3, -0.25) is 10.4 Å². The van der Waals surface area contributed by atoms with Crippen molar-refractivity contribution in [2.45, 2.75) is 78.6 Å². The Morgan fingerprint density at radius 2 is 1.54 bits per heavy atom. The van der Waals surface area contributed by atoms with Gasteiger partial charge >= 0.3 is 0 Å². The summed E-state index contributed by atoms with van der Waals surface area (Å²) in [5, 5.41) is 3.98. The average molecular weight is 528 g/mol. The summed E-state index contributed by atoms with van der Waals surface area (Å²) in [6.07, 6.45) is 13.7. The molecule has 2 heterocycles. The predicted molar refractivity (Wildman–Crippen MR) is 155 cm³/mol. The number of unbranched alkanes of at least 4 members (excludes halogenated alkanes) is 8. The molecule has 0 amide bonds. The van der Waals surface area contributed by atoms with Crippen LogP contribution in [-0.2, 0) is 0 Å². The minimum absolute atomic E-state index is 0.253. The summed E-state index contributed by atoms with van der Waals surface area (Å²) in [6.45, 7) is 8.29. The quantitative estimate of drug-likeness (QED) is 0.280. The van der Waals surface area contributed by atoms with E-state index in [1.807, 2.05) is 32.0 Å². The van der Waals surface area contributed by atoms with E-state index in [-0.39, 0.29) is 5.82 Å². The maximum atomic E-state index is 13.4. The molecule has 0 atom stereocenters. The van der Waals surface area contributed by atoms with Crippen molar-refractivity contribution in [3.63, 3.8) is 0 Å². The SMILES string of the molecule is CC.CCCCCCCCCCCN1N/C(=C/c2ccc3c(c2)OCCO3)SC1=Nc1ccc(F)cc1. The van der Waals surface area contributed by atoms with E-state index in [1.165, 1.54) is 63.5 Å². The Balaban J connectivity index is 0.00000186. The normalized spacial score (nSPS) is 16.5. The molecule has 37 heavy (non-hydrogen) atoms. The molecule has 2 aromatic carbocycles. The lowest BCUT2D eigenvalue weighted by molar-refractivity contribution is 0.171. The second-order valence-electron chi connectivity index (χ2n) is 8.98. The monoisotopic (exact) mass is 527 g/mol. The topological polar surface area (TPSA) is 46.1 Å². The van der Waals surface area contributed by atoms with Gasteiger partial charge in [-0.1, -0.05) is 78.2 Å². The number of nitrogens with one attached hydrogen (secondary N) is 1. The van der Waals surface area contributed by atoms with Gasteiger partial charge in [0.2, 0.25) is 0 Å². The van der Waals surface area contributed by atoms with Crippen LogP contribution in [0.15, 0.2) is 52.5 Å². The van der Waals surface area contributed by atoms with Crippen molar-refractivity contribution in [3.8, 4) is 11.5 Å². The molecule has 1 N–H and O–H groups in total. The lowest BCUT2D eigenvalue weighted by Gasteiger charge is -2.19. The summed E-state index contributed by atoms with van der Waals surface area (Å²) in [5.74, 6) is 1.31. The third-order valence-electron chi connectivity index (χ3n) is 6.08. The van der Waals surface area contributed by atoms with Gasteiger partial charge in [0.15, 0.2) is 16.7 Å². The molecule has 4 rings (SSSR count). The minimum atomic E-state index is -0.253. The maximum Gasteiger partial charge on any atom is 0.189 e. The van der Waals surface area contributed by atoms with Crippen molar-refractivity contribution in [1.29, 1.82) is 0 Å². The molecule has 1 saturated heterocycles. The highest BCUT2D eigenvalue weighted by Gasteiger charge is 2.23. The van der Waals surface area contributed by atoms with E-state index in [2.05, 4.69) is 23.4 Å². The van der Waals surface area contributed by atoms with Crippen LogP contribution in [0.2, 0.25) is 0 Å². The summed E-state index contributed by atoms with van der Waals surface area (Å²) in [5.41, 5.74) is 5.29. The van der Waals surface area contributed by atoms with Crippen molar-refractivity contribution >= 4 is 28.7 Å². The highest BCUT2D eigenvalue weighted by Crippen LogP contribution is 2.34. The number of rotatable bonds is 12. The first-order chi connectivity index (χ1) is 18.2. The number of benzene rings is 2. The standard InChI is InChI=1S/C28H36FN3O2S.C2H6/c1-2-3-4-5-6-7-8-9-10-17-32-28(30-24-14-12-23(29)13-15-24)35-27(31-32)21-22-11-16-25-26(20-22)34-19-18-33-25;1-2/h11-16,20-21,31H,2-10,17-19H2,1H3;1-2H3/b27-21-,30-28?;. The maximum absolute atomic E-state index is 13.4. The molecule has 0 saturated carbocycles. The second-order valence-corrected chi connectivity index (χ2v) is 9.99. The molecule has 0 radical (unpaired) electrons. The first-order valence-corrected chi connectivity index (χ1v) is 14.7. The third-order valence-corrected chi connectivity index (χ3v) is 7.00. The van der Waals surface area contributed by atoms with Gasteiger partial charge < -0.3 is 9.47 Å². The zero-order valence-corrected chi connectivity index (χ0v) is 23.4. The molecule has 5 nitrogen and oxygen atoms in total. The number of nitrogens with zero attached hydrogens (tertiary/aromatic N) is 2. The average Bonchev–Trinajstić information content (AvgIpc) is 3.30. The summed E-state index contributed by atoms with van der Waals surface area (Å²) in [7, 11) is 0. The summed E-state index contributed by atoms with van der Waals surface area (Å²) < 4.78 is 24.7. The molecule has 0 bridgehead atoms. The Bertz CT molecular complexity index is 1010. The number of halogens is 1. The van der Waals surface area contributed by atoms with E-state index < -0.39 is 0 Å². The van der Waals surface area contributed by atoms with Crippen LogP contribution < -0.4 is 14.9 Å². The number of hydrogen-bond acceptors (Lipinski definition) is 5. The van der Waals surface area contributed by atoms with E-state index in [1.54, 1.807) is 23.9 Å². The van der Waals surface area contributed by atoms with Crippen LogP contribution in [-0.4, -0.2) is 29.9 Å². The molecular weight excluding hydrogens is 485 g/mol. The van der Waals surface area contributed by atoms with Gasteiger partial charge in [0, 0.05) is 6.54 Å². The van der Waals surface area contributed by atoms with Crippen molar-refractivity contribution in [2.75, 3.05) is 19.8 Å². The van der Waals surface area contributed by atoms with Crippen LogP contribution in [0.5, 0.6) is 11.5 Å². The largest absolute Gasteiger partial charge is 0.486 e. The molecule has 7 heteroatoms. The number of fused-ring (bicyclic) bond motifs is 1. The van der Waals surface area contributed by atoms with Crippen molar-refractivity contribution < 1.29 is 13.9 Å². The van der Waals surface area contributed by atoms with Crippen LogP contribution in [0.4, 0.5) is 10.1 Å². The van der Waals surface area contributed by atoms with E-state index in [9.17, 15) is 4.39 Å². The zero-order valence-electron chi connectivity index (χ0n) is 22.6. The number of thioether (sulfide) groups is 1. The number of aliphatic imine (C=N–C) groups is 1. The van der Waals surface area contributed by atoms with Gasteiger partial charge in [0.1, 0.15) is 19.0 Å². The van der Waals surface area contributed by atoms with Crippen LogP contribution in [0, 0.1) is 5.82 Å². The number of hydrazine groups is 1. The van der Waals surface area contributed by atoms with Gasteiger partial charge in [-0.25, -0.2) is 9.38 Å². The zero-order chi connectivity index (χ0) is 26.3. The Kier molecular flexibility index (Phi) is 12.7. The van der Waals surface area contributed by atoms with Crippen molar-refractivity contribution in [2.24, 2.45) is 4.99 Å². The predicted octanol–water partition coefficient (Wildman–Crippen LogP) is 8.69. The third kappa shape index (κ3) is 9.62.